The normalized spacial score (nSPS) is 13.9. The molecule has 1 atom stereocenters. The zero-order valence-electron chi connectivity index (χ0n) is 10.5. The highest BCUT2D eigenvalue weighted by molar-refractivity contribution is 5.10. The zero-order valence-corrected chi connectivity index (χ0v) is 10.5. The minimum Gasteiger partial charge on any atom is -0.241 e. The third-order valence-electron chi connectivity index (χ3n) is 2.66. The van der Waals surface area contributed by atoms with Crippen molar-refractivity contribution in [3.63, 3.8) is 0 Å². The van der Waals surface area contributed by atoms with Gasteiger partial charge in [0.1, 0.15) is 5.82 Å². The van der Waals surface area contributed by atoms with Gasteiger partial charge >= 0.3 is 0 Å². The molecule has 1 heterocycles. The molecule has 0 radical (unpaired) electrons. The lowest BCUT2D eigenvalue weighted by Crippen LogP contribution is -2.16. The monoisotopic (exact) mass is 206 g/mol. The quantitative estimate of drug-likeness (QED) is 0.758. The highest BCUT2D eigenvalue weighted by Gasteiger charge is 2.16. The van der Waals surface area contributed by atoms with Gasteiger partial charge in [0.25, 0.3) is 0 Å². The van der Waals surface area contributed by atoms with Gasteiger partial charge in [-0.2, -0.15) is 0 Å². The average Bonchev–Trinajstić information content (AvgIpc) is 2.17. The molecule has 0 saturated carbocycles. The highest BCUT2D eigenvalue weighted by Crippen LogP contribution is 2.18. The Hall–Kier alpha value is -0.920. The second-order valence-electron chi connectivity index (χ2n) is 5.38. The molecule has 0 aliphatic heterocycles. The van der Waals surface area contributed by atoms with E-state index in [1.807, 2.05) is 12.4 Å². The molecule has 0 amide bonds. The first kappa shape index (κ1) is 12.2. The molecule has 2 nitrogen and oxygen atoms in total. The maximum absolute atomic E-state index is 4.43. The molecule has 1 aromatic heterocycles. The number of hydrogen-bond donors (Lipinski definition) is 0. The Bertz CT molecular complexity index is 295. The van der Waals surface area contributed by atoms with Gasteiger partial charge in [0, 0.05) is 17.8 Å². The van der Waals surface area contributed by atoms with Crippen molar-refractivity contribution in [2.75, 3.05) is 0 Å². The number of aromatic nitrogens is 2. The number of nitrogens with zero attached hydrogens (tertiary/aromatic N) is 2. The first-order valence-electron chi connectivity index (χ1n) is 5.75. The van der Waals surface area contributed by atoms with Crippen LogP contribution < -0.4 is 0 Å². The van der Waals surface area contributed by atoms with Crippen molar-refractivity contribution in [3.05, 3.63) is 23.8 Å². The van der Waals surface area contributed by atoms with Crippen LogP contribution in [-0.2, 0) is 11.8 Å². The topological polar surface area (TPSA) is 25.8 Å². The van der Waals surface area contributed by atoms with Gasteiger partial charge in [-0.15, -0.1) is 0 Å². The van der Waals surface area contributed by atoms with Crippen molar-refractivity contribution >= 4 is 0 Å². The van der Waals surface area contributed by atoms with Crippen LogP contribution in [0.2, 0.25) is 0 Å². The smallest absolute Gasteiger partial charge is 0.133 e. The Balaban J connectivity index is 2.73. The molecule has 0 fully saturated rings. The predicted molar refractivity (Wildman–Crippen MR) is 63.9 cm³/mol. The largest absolute Gasteiger partial charge is 0.241 e. The minimum absolute atomic E-state index is 0.0505. The molecule has 0 aromatic carbocycles. The summed E-state index contributed by atoms with van der Waals surface area (Å²) in [5.41, 5.74) is 1.30. The Labute approximate surface area is 93.2 Å². The van der Waals surface area contributed by atoms with Crippen LogP contribution in [0.5, 0.6) is 0 Å². The predicted octanol–water partition coefficient (Wildman–Crippen LogP) is 3.36. The standard InChI is InChI=1S/C13H22N2/c1-6-10(2)7-11-8-14-12(15-9-11)13(3,4)5/h8-10H,6-7H2,1-5H3. The number of hydrogen-bond acceptors (Lipinski definition) is 2. The average molecular weight is 206 g/mol. The van der Waals surface area contributed by atoms with E-state index < -0.39 is 0 Å². The first-order valence-corrected chi connectivity index (χ1v) is 5.75. The lowest BCUT2D eigenvalue weighted by atomic mass is 9.95. The Morgan fingerprint density at radius 1 is 1.20 bits per heavy atom. The molecule has 84 valence electrons. The van der Waals surface area contributed by atoms with E-state index >= 15 is 0 Å². The van der Waals surface area contributed by atoms with Gasteiger partial charge in [-0.25, -0.2) is 9.97 Å². The van der Waals surface area contributed by atoms with E-state index in [1.54, 1.807) is 0 Å². The molecule has 2 heteroatoms. The van der Waals surface area contributed by atoms with Gasteiger partial charge in [-0.1, -0.05) is 41.0 Å². The molecule has 1 rings (SSSR count). The summed E-state index contributed by atoms with van der Waals surface area (Å²) in [7, 11) is 0. The molecular formula is C13H22N2. The van der Waals surface area contributed by atoms with E-state index in [-0.39, 0.29) is 5.41 Å². The maximum atomic E-state index is 4.43. The third kappa shape index (κ3) is 3.61. The van der Waals surface area contributed by atoms with Crippen molar-refractivity contribution in [2.24, 2.45) is 5.92 Å². The summed E-state index contributed by atoms with van der Waals surface area (Å²) < 4.78 is 0. The molecule has 0 aliphatic rings. The third-order valence-corrected chi connectivity index (χ3v) is 2.66. The van der Waals surface area contributed by atoms with E-state index in [4.69, 9.17) is 0 Å². The van der Waals surface area contributed by atoms with Crippen LogP contribution in [-0.4, -0.2) is 9.97 Å². The summed E-state index contributed by atoms with van der Waals surface area (Å²) in [6.07, 6.45) is 6.24. The fourth-order valence-corrected chi connectivity index (χ4v) is 1.39. The van der Waals surface area contributed by atoms with Crippen LogP contribution in [0.3, 0.4) is 0 Å². The second-order valence-corrected chi connectivity index (χ2v) is 5.38. The fraction of sp³-hybridized carbons (Fsp3) is 0.692. The molecule has 0 saturated heterocycles. The van der Waals surface area contributed by atoms with Gasteiger partial charge in [0.15, 0.2) is 0 Å². The van der Waals surface area contributed by atoms with Crippen molar-refractivity contribution < 1.29 is 0 Å². The van der Waals surface area contributed by atoms with Gasteiger partial charge in [-0.05, 0) is 17.9 Å². The Kier molecular flexibility index (Phi) is 3.83. The van der Waals surface area contributed by atoms with Crippen molar-refractivity contribution in [1.29, 1.82) is 0 Å². The highest BCUT2D eigenvalue weighted by atomic mass is 14.9. The molecule has 15 heavy (non-hydrogen) atoms. The fourth-order valence-electron chi connectivity index (χ4n) is 1.39. The Morgan fingerprint density at radius 3 is 2.13 bits per heavy atom. The van der Waals surface area contributed by atoms with Crippen LogP contribution >= 0.6 is 0 Å². The van der Waals surface area contributed by atoms with Crippen LogP contribution in [0.15, 0.2) is 12.4 Å². The molecule has 0 N–H and O–H groups in total. The van der Waals surface area contributed by atoms with Gasteiger partial charge in [0.2, 0.25) is 0 Å². The van der Waals surface area contributed by atoms with Crippen molar-refractivity contribution in [2.45, 2.75) is 52.9 Å². The molecule has 1 aromatic rings. The first-order chi connectivity index (χ1) is 6.93. The SMILES string of the molecule is CCC(C)Cc1cnc(C(C)(C)C)nc1. The maximum Gasteiger partial charge on any atom is 0.133 e. The summed E-state index contributed by atoms with van der Waals surface area (Å²) >= 11 is 0. The second kappa shape index (κ2) is 4.73. The van der Waals surface area contributed by atoms with Gasteiger partial charge < -0.3 is 0 Å². The van der Waals surface area contributed by atoms with Crippen LogP contribution in [0.4, 0.5) is 0 Å². The lowest BCUT2D eigenvalue weighted by Gasteiger charge is -2.16. The molecule has 0 spiro atoms. The van der Waals surface area contributed by atoms with Gasteiger partial charge in [0.05, 0.1) is 0 Å². The van der Waals surface area contributed by atoms with E-state index in [2.05, 4.69) is 44.6 Å². The van der Waals surface area contributed by atoms with Crippen molar-refractivity contribution in [3.8, 4) is 0 Å². The summed E-state index contributed by atoms with van der Waals surface area (Å²) in [5, 5.41) is 0. The molecule has 0 bridgehead atoms. The summed E-state index contributed by atoms with van der Waals surface area (Å²) in [6, 6.07) is 0. The van der Waals surface area contributed by atoms with E-state index in [1.165, 1.54) is 12.0 Å². The number of rotatable bonds is 3. The molecule has 1 unspecified atom stereocenters. The van der Waals surface area contributed by atoms with E-state index in [0.717, 1.165) is 12.2 Å². The summed E-state index contributed by atoms with van der Waals surface area (Å²) in [4.78, 5) is 8.85. The minimum atomic E-state index is 0.0505. The zero-order chi connectivity index (χ0) is 11.5. The van der Waals surface area contributed by atoms with E-state index in [9.17, 15) is 0 Å². The van der Waals surface area contributed by atoms with Gasteiger partial charge in [-0.3, -0.25) is 0 Å². The van der Waals surface area contributed by atoms with Crippen LogP contribution in [0.1, 0.15) is 52.4 Å². The van der Waals surface area contributed by atoms with Crippen LogP contribution in [0, 0.1) is 5.92 Å². The van der Waals surface area contributed by atoms with Crippen molar-refractivity contribution in [1.82, 2.24) is 9.97 Å². The summed E-state index contributed by atoms with van der Waals surface area (Å²) in [5.74, 6) is 1.64. The van der Waals surface area contributed by atoms with E-state index in [0.29, 0.717) is 5.92 Å². The summed E-state index contributed by atoms with van der Waals surface area (Å²) in [6.45, 7) is 10.9. The lowest BCUT2D eigenvalue weighted by molar-refractivity contribution is 0.534. The molecule has 0 aliphatic carbocycles. The van der Waals surface area contributed by atoms with Crippen LogP contribution in [0.25, 0.3) is 0 Å². The molecular weight excluding hydrogens is 184 g/mol. The Morgan fingerprint density at radius 2 is 1.73 bits per heavy atom.